The molecule has 1 aliphatic carbocycles. The normalized spacial score (nSPS) is 26.8. The topological polar surface area (TPSA) is 73.8 Å². The van der Waals surface area contributed by atoms with Gasteiger partial charge in [0.25, 0.3) is 0 Å². The van der Waals surface area contributed by atoms with Gasteiger partial charge in [0.1, 0.15) is 0 Å². The number of hydrogen-bond donors (Lipinski definition) is 2. The minimum Gasteiger partial charge on any atom is -0.357 e. The third-order valence-electron chi connectivity index (χ3n) is 5.25. The highest BCUT2D eigenvalue weighted by molar-refractivity contribution is 14.0. The van der Waals surface area contributed by atoms with Gasteiger partial charge in [0.2, 0.25) is 10.0 Å². The van der Waals surface area contributed by atoms with Crippen molar-refractivity contribution in [1.82, 2.24) is 14.9 Å². The van der Waals surface area contributed by atoms with Crippen LogP contribution in [0.25, 0.3) is 0 Å². The highest BCUT2D eigenvalue weighted by atomic mass is 127. The number of aliphatic imine (C=N–C) groups is 1. The van der Waals surface area contributed by atoms with E-state index in [-0.39, 0.29) is 24.0 Å². The number of sulfonamides is 1. The fourth-order valence-electron chi connectivity index (χ4n) is 3.56. The predicted molar refractivity (Wildman–Crippen MR) is 115 cm³/mol. The summed E-state index contributed by atoms with van der Waals surface area (Å²) < 4.78 is 24.7. The highest BCUT2D eigenvalue weighted by Crippen LogP contribution is 2.23. The maximum absolute atomic E-state index is 11.6. The van der Waals surface area contributed by atoms with E-state index in [2.05, 4.69) is 24.5 Å². The Morgan fingerprint density at radius 3 is 2.24 bits per heavy atom. The molecule has 0 spiro atoms. The fraction of sp³-hybridized carbons (Fsp3) is 0.941. The van der Waals surface area contributed by atoms with Gasteiger partial charge in [-0.05, 0) is 57.3 Å². The molecule has 25 heavy (non-hydrogen) atoms. The fourth-order valence-corrected chi connectivity index (χ4v) is 4.44. The number of halogens is 1. The zero-order chi connectivity index (χ0) is 17.6. The molecule has 1 heterocycles. The van der Waals surface area contributed by atoms with Crippen molar-refractivity contribution in [2.45, 2.75) is 58.4 Å². The molecule has 2 N–H and O–H groups in total. The van der Waals surface area contributed by atoms with Crippen molar-refractivity contribution < 1.29 is 8.42 Å². The monoisotopic (exact) mass is 486 g/mol. The van der Waals surface area contributed by atoms with E-state index in [1.807, 2.05) is 0 Å². The molecule has 1 saturated heterocycles. The summed E-state index contributed by atoms with van der Waals surface area (Å²) in [5, 5.41) is 6.93. The third-order valence-corrected chi connectivity index (χ3v) is 6.55. The summed E-state index contributed by atoms with van der Waals surface area (Å²) in [7, 11) is -3.04. The number of guanidine groups is 1. The number of hydrogen-bond acceptors (Lipinski definition) is 3. The molecule has 0 amide bonds. The highest BCUT2D eigenvalue weighted by Gasteiger charge is 2.25. The lowest BCUT2D eigenvalue weighted by Crippen LogP contribution is -2.45. The van der Waals surface area contributed by atoms with E-state index in [9.17, 15) is 8.42 Å². The first-order valence-electron chi connectivity index (χ1n) is 9.38. The molecule has 1 aliphatic heterocycles. The van der Waals surface area contributed by atoms with Crippen molar-refractivity contribution in [3.63, 3.8) is 0 Å². The van der Waals surface area contributed by atoms with E-state index in [4.69, 9.17) is 4.99 Å². The Bertz CT molecular complexity index is 511. The molecule has 2 rings (SSSR count). The quantitative estimate of drug-likeness (QED) is 0.356. The lowest BCUT2D eigenvalue weighted by atomic mass is 9.87. The summed E-state index contributed by atoms with van der Waals surface area (Å²) in [6.07, 6.45) is 8.12. The van der Waals surface area contributed by atoms with Crippen molar-refractivity contribution in [2.24, 2.45) is 16.8 Å². The molecule has 8 heteroatoms. The maximum Gasteiger partial charge on any atom is 0.211 e. The molecule has 148 valence electrons. The van der Waals surface area contributed by atoms with Crippen LogP contribution in [0.2, 0.25) is 0 Å². The number of nitrogens with zero attached hydrogens (tertiary/aromatic N) is 2. The van der Waals surface area contributed by atoms with Gasteiger partial charge >= 0.3 is 0 Å². The van der Waals surface area contributed by atoms with Crippen LogP contribution >= 0.6 is 24.0 Å². The molecule has 2 aliphatic rings. The summed E-state index contributed by atoms with van der Waals surface area (Å²) in [6.45, 7) is 7.31. The lowest BCUT2D eigenvalue weighted by Gasteiger charge is -2.30. The molecule has 0 atom stereocenters. The van der Waals surface area contributed by atoms with Crippen LogP contribution in [0.15, 0.2) is 4.99 Å². The minimum absolute atomic E-state index is 0. The molecule has 0 aromatic rings. The lowest BCUT2D eigenvalue weighted by molar-refractivity contribution is 0.279. The summed E-state index contributed by atoms with van der Waals surface area (Å²) in [4.78, 5) is 4.76. The molecule has 0 aromatic carbocycles. The van der Waals surface area contributed by atoms with Crippen LogP contribution < -0.4 is 10.6 Å². The second kappa shape index (κ2) is 10.9. The number of piperidine rings is 1. The molecule has 6 nitrogen and oxygen atoms in total. The van der Waals surface area contributed by atoms with Gasteiger partial charge < -0.3 is 10.6 Å². The van der Waals surface area contributed by atoms with Crippen LogP contribution in [-0.4, -0.2) is 57.2 Å². The molecule has 1 saturated carbocycles. The molecular formula is C17H35IN4O2S. The van der Waals surface area contributed by atoms with Gasteiger partial charge in [0, 0.05) is 32.2 Å². The van der Waals surface area contributed by atoms with Crippen molar-refractivity contribution in [1.29, 1.82) is 0 Å². The number of nitrogens with one attached hydrogen (secondary N) is 2. The molecule has 0 unspecified atom stereocenters. The summed E-state index contributed by atoms with van der Waals surface area (Å²) in [6, 6.07) is 0.533. The molecule has 0 bridgehead atoms. The van der Waals surface area contributed by atoms with Crippen molar-refractivity contribution in [3.05, 3.63) is 0 Å². The Balaban J connectivity index is 0.00000312. The molecule has 0 aromatic heterocycles. The first-order valence-corrected chi connectivity index (χ1v) is 11.2. The SMILES string of the molecule is CCNC(=NCC1CCN(S(C)(=O)=O)CC1)NC1CCC(C)CC1.I. The van der Waals surface area contributed by atoms with Crippen molar-refractivity contribution in [3.8, 4) is 0 Å². The predicted octanol–water partition coefficient (Wildman–Crippen LogP) is 2.41. The summed E-state index contributed by atoms with van der Waals surface area (Å²) in [5.41, 5.74) is 0. The maximum atomic E-state index is 11.6. The average molecular weight is 486 g/mol. The van der Waals surface area contributed by atoms with Gasteiger partial charge in [-0.1, -0.05) is 6.92 Å². The van der Waals surface area contributed by atoms with Crippen LogP contribution in [-0.2, 0) is 10.0 Å². The van der Waals surface area contributed by atoms with Crippen LogP contribution in [0.1, 0.15) is 52.4 Å². The third kappa shape index (κ3) is 7.99. The largest absolute Gasteiger partial charge is 0.357 e. The van der Waals surface area contributed by atoms with Gasteiger partial charge in [0.05, 0.1) is 6.26 Å². The van der Waals surface area contributed by atoms with Gasteiger partial charge in [-0.15, -0.1) is 24.0 Å². The summed E-state index contributed by atoms with van der Waals surface area (Å²) in [5.74, 6) is 2.25. The Morgan fingerprint density at radius 2 is 1.72 bits per heavy atom. The zero-order valence-electron chi connectivity index (χ0n) is 15.8. The van der Waals surface area contributed by atoms with Gasteiger partial charge in [-0.2, -0.15) is 0 Å². The Labute approximate surface area is 170 Å². The second-order valence-electron chi connectivity index (χ2n) is 7.43. The van der Waals surface area contributed by atoms with E-state index in [1.54, 1.807) is 4.31 Å². The van der Waals surface area contributed by atoms with E-state index in [0.29, 0.717) is 25.0 Å². The molecule has 0 radical (unpaired) electrons. The molecule has 2 fully saturated rings. The van der Waals surface area contributed by atoms with Gasteiger partial charge in [-0.3, -0.25) is 4.99 Å². The van der Waals surface area contributed by atoms with Crippen molar-refractivity contribution in [2.75, 3.05) is 32.4 Å². The summed E-state index contributed by atoms with van der Waals surface area (Å²) >= 11 is 0. The Morgan fingerprint density at radius 1 is 1.12 bits per heavy atom. The van der Waals surface area contributed by atoms with Crippen molar-refractivity contribution >= 4 is 40.0 Å². The zero-order valence-corrected chi connectivity index (χ0v) is 19.0. The smallest absolute Gasteiger partial charge is 0.211 e. The van der Waals surface area contributed by atoms with E-state index < -0.39 is 10.0 Å². The average Bonchev–Trinajstić information content (AvgIpc) is 2.54. The standard InChI is InChI=1S/C17H34N4O2S.HI/c1-4-18-17(20-16-7-5-14(2)6-8-16)19-13-15-9-11-21(12-10-15)24(3,22)23;/h14-16H,4-13H2,1-3H3,(H2,18,19,20);1H. The second-order valence-corrected chi connectivity index (χ2v) is 9.41. The van der Waals surface area contributed by atoms with Gasteiger partial charge in [-0.25, -0.2) is 12.7 Å². The van der Waals surface area contributed by atoms with E-state index in [1.165, 1.54) is 31.9 Å². The Kier molecular flexibility index (Phi) is 10.0. The van der Waals surface area contributed by atoms with Crippen LogP contribution in [0, 0.1) is 11.8 Å². The Hall–Kier alpha value is -0.0900. The number of rotatable bonds is 5. The van der Waals surface area contributed by atoms with Crippen LogP contribution in [0.3, 0.4) is 0 Å². The van der Waals surface area contributed by atoms with Gasteiger partial charge in [0.15, 0.2) is 5.96 Å². The minimum atomic E-state index is -3.04. The van der Waals surface area contributed by atoms with Crippen LogP contribution in [0.5, 0.6) is 0 Å². The first-order chi connectivity index (χ1) is 11.4. The van der Waals surface area contributed by atoms with E-state index in [0.717, 1.165) is 37.8 Å². The first kappa shape index (κ1) is 23.0. The molecular weight excluding hydrogens is 451 g/mol. The van der Waals surface area contributed by atoms with E-state index >= 15 is 0 Å². The van der Waals surface area contributed by atoms with Crippen LogP contribution in [0.4, 0.5) is 0 Å².